The van der Waals surface area contributed by atoms with Crippen LogP contribution in [0.1, 0.15) is 247 Å². The van der Waals surface area contributed by atoms with Crippen molar-refractivity contribution in [1.29, 1.82) is 0 Å². The number of unbranched alkanes of at least 4 members (excludes halogenated alkanes) is 3. The third-order valence-corrected chi connectivity index (χ3v) is 9.51. The molecule has 0 amide bonds. The van der Waals surface area contributed by atoms with E-state index in [4.69, 9.17) is 0 Å². The van der Waals surface area contributed by atoms with Gasteiger partial charge in [-0.1, -0.05) is 202 Å². The second kappa shape index (κ2) is 51.9. The van der Waals surface area contributed by atoms with E-state index in [1.165, 1.54) is 148 Å². The molecule has 53 heavy (non-hydrogen) atoms. The summed E-state index contributed by atoms with van der Waals surface area (Å²) < 4.78 is 0. The van der Waals surface area contributed by atoms with Crippen LogP contribution in [0.2, 0.25) is 0 Å². The molecule has 1 unspecified atom stereocenters. The van der Waals surface area contributed by atoms with E-state index < -0.39 is 0 Å². The van der Waals surface area contributed by atoms with Crippen molar-refractivity contribution in [2.75, 3.05) is 33.2 Å². The van der Waals surface area contributed by atoms with Gasteiger partial charge in [-0.2, -0.15) is 0 Å². The zero-order chi connectivity index (χ0) is 39.7. The Morgan fingerprint density at radius 3 is 1.30 bits per heavy atom. The Balaban J connectivity index is -0.000000126. The highest BCUT2D eigenvalue weighted by Gasteiger charge is 2.15. The fourth-order valence-corrected chi connectivity index (χ4v) is 6.47. The average Bonchev–Trinajstić information content (AvgIpc) is 3.56. The van der Waals surface area contributed by atoms with Crippen molar-refractivity contribution in [3.63, 3.8) is 0 Å². The minimum absolute atomic E-state index is 0. The van der Waals surface area contributed by atoms with Gasteiger partial charge in [0.1, 0.15) is 0 Å². The number of hydrogen-bond acceptors (Lipinski definition) is 3. The second-order valence-electron chi connectivity index (χ2n) is 18.6. The highest BCUT2D eigenvalue weighted by molar-refractivity contribution is 4.74. The molecule has 1 aliphatic carbocycles. The van der Waals surface area contributed by atoms with Crippen LogP contribution in [0.25, 0.3) is 0 Å². The van der Waals surface area contributed by atoms with Crippen LogP contribution in [0.4, 0.5) is 0 Å². The summed E-state index contributed by atoms with van der Waals surface area (Å²) >= 11 is 0. The Kier molecular flexibility index (Phi) is 63.4. The van der Waals surface area contributed by atoms with Crippen molar-refractivity contribution in [1.82, 2.24) is 16.0 Å². The Labute approximate surface area is 342 Å². The molecule has 1 atom stereocenters. The molecule has 0 aromatic rings. The first-order chi connectivity index (χ1) is 24.2. The van der Waals surface area contributed by atoms with Gasteiger partial charge in [-0.15, -0.1) is 0 Å². The highest BCUT2D eigenvalue weighted by atomic mass is 14.9. The first kappa shape index (κ1) is 64.8. The third kappa shape index (κ3) is 70.2. The molecule has 0 radical (unpaired) electrons. The lowest BCUT2D eigenvalue weighted by Gasteiger charge is -2.22. The van der Waals surface area contributed by atoms with Gasteiger partial charge in [-0.05, 0) is 120 Å². The maximum Gasteiger partial charge on any atom is 0.00699 e. The predicted molar refractivity (Wildman–Crippen MR) is 254 cm³/mol. The molecule has 1 saturated heterocycles. The van der Waals surface area contributed by atoms with Gasteiger partial charge in [0.15, 0.2) is 0 Å². The second-order valence-corrected chi connectivity index (χ2v) is 18.6. The molecule has 2 fully saturated rings. The molecular formula is C50H115N3. The minimum atomic E-state index is 0. The monoisotopic (exact) mass is 758 g/mol. The summed E-state index contributed by atoms with van der Waals surface area (Å²) in [7, 11) is 1.99. The summed E-state index contributed by atoms with van der Waals surface area (Å²) in [6, 6.07) is 0.838. The van der Waals surface area contributed by atoms with Crippen LogP contribution in [-0.4, -0.2) is 39.3 Å². The van der Waals surface area contributed by atoms with Crippen LogP contribution < -0.4 is 16.0 Å². The van der Waals surface area contributed by atoms with Crippen LogP contribution in [-0.2, 0) is 0 Å². The SMILES string of the molecule is C.C.CC(C)CC1CCCCC1.CC(C)CC1CCCN1.CCCC(C)C.CCCCC(C)C.CCCCNCCCCC(C)C.CNCCC(C)C. The first-order valence-electron chi connectivity index (χ1n) is 23.2. The molecule has 0 aromatic heterocycles. The van der Waals surface area contributed by atoms with Crippen LogP contribution in [0.3, 0.4) is 0 Å². The molecule has 330 valence electrons. The summed E-state index contributed by atoms with van der Waals surface area (Å²) in [5, 5.41) is 10.0. The van der Waals surface area contributed by atoms with Gasteiger partial charge in [-0.3, -0.25) is 0 Å². The summed E-state index contributed by atoms with van der Waals surface area (Å²) in [6.45, 7) is 38.9. The van der Waals surface area contributed by atoms with Crippen molar-refractivity contribution >= 4 is 0 Å². The molecule has 3 N–H and O–H groups in total. The van der Waals surface area contributed by atoms with Gasteiger partial charge in [-0.25, -0.2) is 0 Å². The van der Waals surface area contributed by atoms with Crippen molar-refractivity contribution in [2.45, 2.75) is 253 Å². The van der Waals surface area contributed by atoms with Crippen LogP contribution in [0, 0.1) is 41.4 Å². The van der Waals surface area contributed by atoms with Gasteiger partial charge in [0, 0.05) is 6.04 Å². The van der Waals surface area contributed by atoms with Gasteiger partial charge in [0.2, 0.25) is 0 Å². The molecule has 0 aromatic carbocycles. The summed E-state index contributed by atoms with van der Waals surface area (Å²) in [6.07, 6.45) is 28.0. The quantitative estimate of drug-likeness (QED) is 0.108. The Morgan fingerprint density at radius 1 is 0.472 bits per heavy atom. The van der Waals surface area contributed by atoms with E-state index in [2.05, 4.69) is 120 Å². The minimum Gasteiger partial charge on any atom is -0.320 e. The Bertz CT molecular complexity index is 559. The number of rotatable bonds is 20. The molecule has 2 rings (SSSR count). The Hall–Kier alpha value is -0.120. The zero-order valence-corrected chi connectivity index (χ0v) is 39.1. The van der Waals surface area contributed by atoms with Crippen molar-refractivity contribution in [3.8, 4) is 0 Å². The van der Waals surface area contributed by atoms with E-state index in [9.17, 15) is 0 Å². The van der Waals surface area contributed by atoms with Gasteiger partial charge in [0.25, 0.3) is 0 Å². The summed E-state index contributed by atoms with van der Waals surface area (Å²) in [5.74, 6) is 6.38. The van der Waals surface area contributed by atoms with E-state index in [1.54, 1.807) is 0 Å². The molecular weight excluding hydrogens is 643 g/mol. The van der Waals surface area contributed by atoms with Crippen LogP contribution in [0.15, 0.2) is 0 Å². The maximum absolute atomic E-state index is 3.49. The number of hydrogen-bond donors (Lipinski definition) is 3. The van der Waals surface area contributed by atoms with Gasteiger partial charge < -0.3 is 16.0 Å². The lowest BCUT2D eigenvalue weighted by atomic mass is 9.84. The standard InChI is InChI=1S/C11H25N.C10H20.C8H17N.C7H16.C6H15N.C6H14.2CH4/c1-4-5-9-12-10-7-6-8-11(2)3;1-9(2)8-10-6-4-3-5-7-10;1-7(2)6-8-4-3-5-9-8;1-4-5-6-7(2)3;1-6(2)4-5-7-3;1-4-5-6(2)3;;/h11-12H,4-10H2,1-3H3;9-10H,3-8H2,1-2H3;7-9H,3-6H2,1-2H3;7H,4-6H2,1-3H3;6-7H,4-5H2,1-3H3;6H,4-5H2,1-3H3;2*1H4. The van der Waals surface area contributed by atoms with E-state index in [-0.39, 0.29) is 14.9 Å². The van der Waals surface area contributed by atoms with E-state index in [1.807, 2.05) is 7.05 Å². The molecule has 3 nitrogen and oxygen atoms in total. The lowest BCUT2D eigenvalue weighted by molar-refractivity contribution is 0.305. The largest absolute Gasteiger partial charge is 0.320 e. The van der Waals surface area contributed by atoms with Gasteiger partial charge in [0.05, 0.1) is 0 Å². The molecule has 0 bridgehead atoms. The molecule has 0 spiro atoms. The maximum atomic E-state index is 3.49. The molecule has 1 heterocycles. The predicted octanol–water partition coefficient (Wildman–Crippen LogP) is 16.4. The summed E-state index contributed by atoms with van der Waals surface area (Å²) in [4.78, 5) is 0. The molecule has 3 heteroatoms. The fraction of sp³-hybridized carbons (Fsp3) is 1.00. The fourth-order valence-electron chi connectivity index (χ4n) is 6.47. The van der Waals surface area contributed by atoms with Crippen molar-refractivity contribution in [3.05, 3.63) is 0 Å². The summed E-state index contributed by atoms with van der Waals surface area (Å²) in [5.41, 5.74) is 0. The lowest BCUT2D eigenvalue weighted by Crippen LogP contribution is -2.22. The topological polar surface area (TPSA) is 36.1 Å². The third-order valence-electron chi connectivity index (χ3n) is 9.51. The van der Waals surface area contributed by atoms with Crippen LogP contribution in [0.5, 0.6) is 0 Å². The zero-order valence-electron chi connectivity index (χ0n) is 39.1. The normalized spacial score (nSPS) is 15.2. The van der Waals surface area contributed by atoms with E-state index in [0.717, 1.165) is 54.0 Å². The molecule has 2 aliphatic rings. The van der Waals surface area contributed by atoms with Crippen LogP contribution >= 0.6 is 0 Å². The van der Waals surface area contributed by atoms with Crippen molar-refractivity contribution in [2.24, 2.45) is 41.4 Å². The first-order valence-corrected chi connectivity index (χ1v) is 23.2. The average molecular weight is 758 g/mol. The van der Waals surface area contributed by atoms with E-state index >= 15 is 0 Å². The highest BCUT2D eigenvalue weighted by Crippen LogP contribution is 2.28. The number of nitrogens with one attached hydrogen (secondary N) is 3. The Morgan fingerprint density at radius 2 is 0.962 bits per heavy atom. The molecule has 1 aliphatic heterocycles. The smallest absolute Gasteiger partial charge is 0.00699 e. The molecule has 1 saturated carbocycles. The van der Waals surface area contributed by atoms with E-state index in [0.29, 0.717) is 0 Å². The van der Waals surface area contributed by atoms with Crippen molar-refractivity contribution < 1.29 is 0 Å². The van der Waals surface area contributed by atoms with Gasteiger partial charge >= 0.3 is 0 Å².